The maximum absolute atomic E-state index is 14.4. The van der Waals surface area contributed by atoms with Gasteiger partial charge in [0.25, 0.3) is 0 Å². The van der Waals surface area contributed by atoms with E-state index < -0.39 is 48.6 Å². The van der Waals surface area contributed by atoms with Gasteiger partial charge in [0.05, 0.1) is 44.4 Å². The highest BCUT2D eigenvalue weighted by atomic mass is 32.2. The standard InChI is InChI=1S/C27H28F3N7O5S/c28-27(29,30)18-12-35(14-21(39)36-7-10-41-11-8-36)13-19(38)22(18)24-33-26(37(34-24)25(40)20-2-1-9-42-20)43-15-16-3-5-17(6-4-16)23(31)32/h1-6,9,18,22H,7-8,10-15H2,(H3,31,32). The largest absolute Gasteiger partial charge is 0.459 e. The number of nitrogen functional groups attached to an aromatic ring is 1. The molecule has 0 radical (unpaired) electrons. The minimum Gasteiger partial charge on any atom is -0.459 e. The van der Waals surface area contributed by atoms with Gasteiger partial charge in [-0.05, 0) is 17.7 Å². The number of alkyl halides is 3. The normalized spacial score (nSPS) is 19.9. The smallest absolute Gasteiger partial charge is 0.394 e. The summed E-state index contributed by atoms with van der Waals surface area (Å²) < 4.78 is 54.4. The van der Waals surface area contributed by atoms with Crippen LogP contribution in [0.25, 0.3) is 0 Å². The van der Waals surface area contributed by atoms with Gasteiger partial charge in [-0.2, -0.15) is 17.9 Å². The number of nitrogens with zero attached hydrogens (tertiary/aromatic N) is 5. The molecule has 1 amide bonds. The van der Waals surface area contributed by atoms with Crippen LogP contribution in [0.3, 0.4) is 0 Å². The third-order valence-corrected chi connectivity index (χ3v) is 8.16. The zero-order valence-corrected chi connectivity index (χ0v) is 23.6. The van der Waals surface area contributed by atoms with Crippen LogP contribution in [0.1, 0.15) is 33.4 Å². The Kier molecular flexibility index (Phi) is 8.98. The molecule has 228 valence electrons. The monoisotopic (exact) mass is 619 g/mol. The van der Waals surface area contributed by atoms with E-state index in [1.54, 1.807) is 24.3 Å². The zero-order chi connectivity index (χ0) is 30.7. The summed E-state index contributed by atoms with van der Waals surface area (Å²) in [5.41, 5.74) is 6.78. The highest BCUT2D eigenvalue weighted by molar-refractivity contribution is 7.98. The Hall–Kier alpha value is -4.02. The number of Topliss-reactive ketones (excluding diaryl/α,β-unsaturated/α-hetero) is 1. The van der Waals surface area contributed by atoms with Gasteiger partial charge in [0.1, 0.15) is 5.84 Å². The van der Waals surface area contributed by atoms with Crippen LogP contribution in [0.4, 0.5) is 13.2 Å². The van der Waals surface area contributed by atoms with Crippen molar-refractivity contribution >= 4 is 35.2 Å². The van der Waals surface area contributed by atoms with Gasteiger partial charge >= 0.3 is 12.1 Å². The van der Waals surface area contributed by atoms with Crippen LogP contribution in [-0.4, -0.2) is 100 Å². The Labute approximate surface area is 247 Å². The molecule has 43 heavy (non-hydrogen) atoms. The SMILES string of the molecule is N=C(N)c1ccc(CSc2nc(C3C(=O)CN(CC(=O)N4CCOCC4)CC3C(F)(F)F)nn2C(=O)c2ccco2)cc1. The summed E-state index contributed by atoms with van der Waals surface area (Å²) in [7, 11) is 0. The Morgan fingerprint density at radius 1 is 1.14 bits per heavy atom. The van der Waals surface area contributed by atoms with Crippen LogP contribution in [0, 0.1) is 11.3 Å². The second-order valence-electron chi connectivity index (χ2n) is 10.1. The first-order chi connectivity index (χ1) is 20.5. The second-order valence-corrected chi connectivity index (χ2v) is 11.0. The van der Waals surface area contributed by atoms with Crippen molar-refractivity contribution in [3.63, 3.8) is 0 Å². The number of morpholine rings is 1. The van der Waals surface area contributed by atoms with Crippen molar-refractivity contribution in [2.45, 2.75) is 23.0 Å². The number of halogens is 3. The van der Waals surface area contributed by atoms with Gasteiger partial charge in [0, 0.05) is 31.0 Å². The van der Waals surface area contributed by atoms with E-state index in [0.717, 1.165) is 22.0 Å². The molecule has 12 nitrogen and oxygen atoms in total. The van der Waals surface area contributed by atoms with Crippen molar-refractivity contribution in [1.29, 1.82) is 5.41 Å². The number of carbonyl (C=O) groups excluding carboxylic acids is 3. The van der Waals surface area contributed by atoms with Crippen molar-refractivity contribution in [2.75, 3.05) is 45.9 Å². The summed E-state index contributed by atoms with van der Waals surface area (Å²) >= 11 is 1.04. The number of amidine groups is 1. The van der Waals surface area contributed by atoms with E-state index in [0.29, 0.717) is 31.9 Å². The fourth-order valence-electron chi connectivity index (χ4n) is 4.94. The molecule has 16 heteroatoms. The number of piperidine rings is 1. The summed E-state index contributed by atoms with van der Waals surface area (Å²) in [6, 6.07) is 9.59. The van der Waals surface area contributed by atoms with Crippen LogP contribution >= 0.6 is 11.8 Å². The average molecular weight is 620 g/mol. The Balaban J connectivity index is 1.41. The minimum absolute atomic E-state index is 0.0225. The number of benzene rings is 1. The number of hydrogen-bond acceptors (Lipinski definition) is 10. The molecule has 0 spiro atoms. The van der Waals surface area contributed by atoms with Crippen molar-refractivity contribution in [1.82, 2.24) is 24.6 Å². The van der Waals surface area contributed by atoms with E-state index in [2.05, 4.69) is 10.1 Å². The second kappa shape index (κ2) is 12.7. The topological polar surface area (TPSA) is 161 Å². The van der Waals surface area contributed by atoms with E-state index in [4.69, 9.17) is 20.3 Å². The van der Waals surface area contributed by atoms with E-state index in [9.17, 15) is 27.6 Å². The van der Waals surface area contributed by atoms with Crippen LogP contribution in [0.5, 0.6) is 0 Å². The quantitative estimate of drug-likeness (QED) is 0.217. The molecule has 2 aromatic heterocycles. The Bertz CT molecular complexity index is 1490. The van der Waals surface area contributed by atoms with Crippen molar-refractivity contribution in [2.24, 2.45) is 11.7 Å². The molecule has 2 saturated heterocycles. The zero-order valence-electron chi connectivity index (χ0n) is 22.7. The van der Waals surface area contributed by atoms with Crippen LogP contribution < -0.4 is 5.73 Å². The molecule has 1 aromatic carbocycles. The average Bonchev–Trinajstić information content (AvgIpc) is 3.66. The van der Waals surface area contributed by atoms with E-state index >= 15 is 0 Å². The van der Waals surface area contributed by atoms with E-state index in [1.165, 1.54) is 28.2 Å². The van der Waals surface area contributed by atoms with Gasteiger partial charge in [0.2, 0.25) is 5.91 Å². The fourth-order valence-corrected chi connectivity index (χ4v) is 5.83. The van der Waals surface area contributed by atoms with Crippen LogP contribution in [0.2, 0.25) is 0 Å². The number of amides is 1. The first kappa shape index (κ1) is 30.4. The molecule has 4 heterocycles. The number of thioether (sulfide) groups is 1. The first-order valence-corrected chi connectivity index (χ1v) is 14.3. The Morgan fingerprint density at radius 3 is 2.49 bits per heavy atom. The van der Waals surface area contributed by atoms with E-state index in [1.807, 2.05) is 0 Å². The number of hydrogen-bond donors (Lipinski definition) is 2. The lowest BCUT2D eigenvalue weighted by Gasteiger charge is -2.38. The number of ether oxygens (including phenoxy) is 1. The summed E-state index contributed by atoms with van der Waals surface area (Å²) in [5, 5.41) is 11.6. The van der Waals surface area contributed by atoms with Crippen LogP contribution in [0.15, 0.2) is 52.2 Å². The number of carbonyl (C=O) groups is 3. The maximum Gasteiger partial charge on any atom is 0.394 e. The molecule has 2 aliphatic heterocycles. The molecular formula is C27H28F3N7O5S. The minimum atomic E-state index is -4.82. The van der Waals surface area contributed by atoms with Gasteiger partial charge in [-0.15, -0.1) is 5.10 Å². The predicted molar refractivity (Wildman–Crippen MR) is 147 cm³/mol. The van der Waals surface area contributed by atoms with Gasteiger partial charge in [-0.3, -0.25) is 24.7 Å². The highest BCUT2D eigenvalue weighted by Crippen LogP contribution is 2.41. The van der Waals surface area contributed by atoms with Gasteiger partial charge in [0.15, 0.2) is 22.5 Å². The third kappa shape index (κ3) is 6.97. The molecular weight excluding hydrogens is 591 g/mol. The summed E-state index contributed by atoms with van der Waals surface area (Å²) in [5.74, 6) is -6.30. The van der Waals surface area contributed by atoms with Gasteiger partial charge < -0.3 is 19.8 Å². The van der Waals surface area contributed by atoms with Gasteiger partial charge in [-0.25, -0.2) is 4.98 Å². The molecule has 0 bridgehead atoms. The molecule has 2 fully saturated rings. The molecule has 3 N–H and O–H groups in total. The molecule has 2 atom stereocenters. The molecule has 3 aromatic rings. The van der Waals surface area contributed by atoms with Gasteiger partial charge in [-0.1, -0.05) is 36.0 Å². The predicted octanol–water partition coefficient (Wildman–Crippen LogP) is 2.14. The number of furan rings is 1. The molecule has 0 aliphatic carbocycles. The first-order valence-electron chi connectivity index (χ1n) is 13.3. The molecule has 2 unspecified atom stereocenters. The number of nitrogens with two attached hydrogens (primary N) is 1. The van der Waals surface area contributed by atoms with Crippen molar-refractivity contribution < 1.29 is 36.7 Å². The molecule has 2 aliphatic rings. The number of rotatable bonds is 8. The highest BCUT2D eigenvalue weighted by Gasteiger charge is 2.53. The number of likely N-dealkylation sites (tertiary alicyclic amines) is 1. The van der Waals surface area contributed by atoms with Crippen molar-refractivity contribution in [3.05, 3.63) is 65.4 Å². The molecule has 5 rings (SSSR count). The lowest BCUT2D eigenvalue weighted by Crippen LogP contribution is -2.54. The summed E-state index contributed by atoms with van der Waals surface area (Å²) in [6.45, 7) is -0.00920. The number of aromatic nitrogens is 3. The lowest BCUT2D eigenvalue weighted by molar-refractivity contribution is -0.194. The lowest BCUT2D eigenvalue weighted by atomic mass is 9.83. The third-order valence-electron chi connectivity index (χ3n) is 7.16. The Morgan fingerprint density at radius 2 is 1.86 bits per heavy atom. The maximum atomic E-state index is 14.4. The van der Waals surface area contributed by atoms with Crippen molar-refractivity contribution in [3.8, 4) is 0 Å². The number of nitrogens with one attached hydrogen (secondary N) is 1. The summed E-state index contributed by atoms with van der Waals surface area (Å²) in [4.78, 5) is 46.1. The summed E-state index contributed by atoms with van der Waals surface area (Å²) in [6.07, 6.45) is -3.55. The number of ketones is 1. The fraction of sp³-hybridized carbons (Fsp3) is 0.407. The molecule has 0 saturated carbocycles. The van der Waals surface area contributed by atoms with E-state index in [-0.39, 0.29) is 35.0 Å². The van der Waals surface area contributed by atoms with Crippen LogP contribution in [-0.2, 0) is 20.1 Å².